The fourth-order valence-corrected chi connectivity index (χ4v) is 4.74. The molecule has 0 radical (unpaired) electrons. The van der Waals surface area contributed by atoms with Crippen molar-refractivity contribution in [3.63, 3.8) is 0 Å². The molecular weight excluding hydrogens is 456 g/mol. The monoisotopic (exact) mass is 472 g/mol. The Morgan fingerprint density at radius 1 is 1.13 bits per heavy atom. The standard InChI is InChI=1S/C19H16N6O3S3/c1-5-6-29-18-22-14(10-7-12(26-2)15(28-4)13(8-10)27-3)11(9-20)16(23-18)30-19-25-24-17(21)31-19/h1,7-8H,6H2,2-4H3,(H2,21,24). The number of rotatable bonds is 8. The van der Waals surface area contributed by atoms with Crippen LogP contribution in [0.5, 0.6) is 17.2 Å². The van der Waals surface area contributed by atoms with Crippen molar-refractivity contribution in [2.24, 2.45) is 0 Å². The minimum Gasteiger partial charge on any atom is -0.493 e. The van der Waals surface area contributed by atoms with Crippen LogP contribution < -0.4 is 19.9 Å². The maximum Gasteiger partial charge on any atom is 0.203 e. The summed E-state index contributed by atoms with van der Waals surface area (Å²) in [6.07, 6.45) is 5.39. The number of benzene rings is 1. The van der Waals surface area contributed by atoms with Gasteiger partial charge in [0, 0.05) is 5.56 Å². The number of hydrogen-bond donors (Lipinski definition) is 1. The van der Waals surface area contributed by atoms with Gasteiger partial charge in [0.15, 0.2) is 21.0 Å². The summed E-state index contributed by atoms with van der Waals surface area (Å²) in [7, 11) is 4.55. The summed E-state index contributed by atoms with van der Waals surface area (Å²) in [6.45, 7) is 0. The van der Waals surface area contributed by atoms with Gasteiger partial charge in [0.05, 0.1) is 32.8 Å². The van der Waals surface area contributed by atoms with E-state index in [1.165, 1.54) is 56.2 Å². The second-order valence-electron chi connectivity index (χ2n) is 5.56. The number of terminal acetylenes is 1. The van der Waals surface area contributed by atoms with E-state index in [1.54, 1.807) is 12.1 Å². The number of ether oxygens (including phenoxy) is 3. The third kappa shape index (κ3) is 4.94. The largest absolute Gasteiger partial charge is 0.493 e. The second kappa shape index (κ2) is 10.2. The number of nitrogens with zero attached hydrogens (tertiary/aromatic N) is 5. The van der Waals surface area contributed by atoms with Crippen LogP contribution in [0.25, 0.3) is 11.3 Å². The Morgan fingerprint density at radius 2 is 1.84 bits per heavy atom. The van der Waals surface area contributed by atoms with Crippen molar-refractivity contribution in [1.29, 1.82) is 5.26 Å². The number of anilines is 1. The minimum absolute atomic E-state index is 0.262. The van der Waals surface area contributed by atoms with E-state index in [4.69, 9.17) is 26.4 Å². The predicted octanol–water partition coefficient (Wildman–Crippen LogP) is 3.35. The molecule has 0 bridgehead atoms. The Bertz CT molecular complexity index is 1160. The average molecular weight is 473 g/mol. The zero-order valence-corrected chi connectivity index (χ0v) is 19.2. The third-order valence-corrected chi connectivity index (χ3v) is 6.34. The van der Waals surface area contributed by atoms with Crippen LogP contribution >= 0.6 is 34.9 Å². The molecule has 0 aliphatic rings. The highest BCUT2D eigenvalue weighted by molar-refractivity contribution is 8.01. The zero-order valence-electron chi connectivity index (χ0n) is 16.7. The maximum atomic E-state index is 9.94. The van der Waals surface area contributed by atoms with Gasteiger partial charge in [-0.15, -0.1) is 16.6 Å². The van der Waals surface area contributed by atoms with Crippen molar-refractivity contribution < 1.29 is 14.2 Å². The molecule has 9 nitrogen and oxygen atoms in total. The van der Waals surface area contributed by atoms with Crippen LogP contribution in [0.3, 0.4) is 0 Å². The Balaban J connectivity index is 2.22. The molecule has 0 spiro atoms. The molecule has 3 rings (SSSR count). The van der Waals surface area contributed by atoms with Gasteiger partial charge in [-0.3, -0.25) is 0 Å². The number of nitrogen functional groups attached to an aromatic ring is 1. The molecule has 2 N–H and O–H groups in total. The molecule has 2 aromatic heterocycles. The average Bonchev–Trinajstić information content (AvgIpc) is 3.20. The molecular formula is C19H16N6O3S3. The lowest BCUT2D eigenvalue weighted by Crippen LogP contribution is -2.01. The molecule has 1 aromatic carbocycles. The first-order chi connectivity index (χ1) is 15.0. The summed E-state index contributed by atoms with van der Waals surface area (Å²) < 4.78 is 16.8. The van der Waals surface area contributed by atoms with Gasteiger partial charge in [-0.1, -0.05) is 29.0 Å². The number of thioether (sulfide) groups is 1. The molecule has 0 aliphatic heterocycles. The van der Waals surface area contributed by atoms with Gasteiger partial charge in [0.1, 0.15) is 16.7 Å². The summed E-state index contributed by atoms with van der Waals surface area (Å²) >= 11 is 3.66. The van der Waals surface area contributed by atoms with Crippen LogP contribution in [-0.2, 0) is 0 Å². The zero-order chi connectivity index (χ0) is 22.4. The fourth-order valence-electron chi connectivity index (χ4n) is 2.54. The Hall–Kier alpha value is -3.19. The van der Waals surface area contributed by atoms with Crippen molar-refractivity contribution in [2.75, 3.05) is 32.8 Å². The van der Waals surface area contributed by atoms with E-state index in [0.29, 0.717) is 53.9 Å². The number of aromatic nitrogens is 4. The fraction of sp³-hybridized carbons (Fsp3) is 0.211. The Morgan fingerprint density at radius 3 is 2.35 bits per heavy atom. The summed E-state index contributed by atoms with van der Waals surface area (Å²) in [6, 6.07) is 5.63. The van der Waals surface area contributed by atoms with Gasteiger partial charge in [-0.25, -0.2) is 9.97 Å². The van der Waals surface area contributed by atoms with Gasteiger partial charge in [-0.05, 0) is 23.9 Å². The smallest absolute Gasteiger partial charge is 0.203 e. The molecule has 31 heavy (non-hydrogen) atoms. The Labute approximate surface area is 191 Å². The van der Waals surface area contributed by atoms with Crippen LogP contribution in [0.15, 0.2) is 26.7 Å². The molecule has 0 fully saturated rings. The van der Waals surface area contributed by atoms with E-state index in [2.05, 4.69) is 32.2 Å². The molecule has 0 unspecified atom stereocenters. The topological polar surface area (TPSA) is 129 Å². The molecule has 0 aliphatic carbocycles. The van der Waals surface area contributed by atoms with Crippen molar-refractivity contribution in [3.05, 3.63) is 17.7 Å². The first kappa shape index (κ1) is 22.5. The van der Waals surface area contributed by atoms with E-state index in [-0.39, 0.29) is 5.56 Å². The summed E-state index contributed by atoms with van der Waals surface area (Å²) in [4.78, 5) is 9.07. The van der Waals surface area contributed by atoms with E-state index in [9.17, 15) is 5.26 Å². The van der Waals surface area contributed by atoms with Crippen LogP contribution in [0.1, 0.15) is 5.56 Å². The SMILES string of the molecule is C#CCSc1nc(Sc2nnc(N)s2)c(C#N)c(-c2cc(OC)c(OC)c(OC)c2)n1. The number of hydrogen-bond acceptors (Lipinski definition) is 12. The van der Waals surface area contributed by atoms with Gasteiger partial charge in [0.2, 0.25) is 10.9 Å². The minimum atomic E-state index is 0.262. The normalized spacial score (nSPS) is 10.2. The summed E-state index contributed by atoms with van der Waals surface area (Å²) in [5.41, 5.74) is 6.93. The molecule has 12 heteroatoms. The lowest BCUT2D eigenvalue weighted by atomic mass is 10.1. The third-order valence-electron chi connectivity index (χ3n) is 3.80. The van der Waals surface area contributed by atoms with E-state index in [1.807, 2.05) is 0 Å². The highest BCUT2D eigenvalue weighted by atomic mass is 32.2. The highest BCUT2D eigenvalue weighted by Crippen LogP contribution is 2.43. The van der Waals surface area contributed by atoms with Crippen LogP contribution in [0.2, 0.25) is 0 Å². The summed E-state index contributed by atoms with van der Waals surface area (Å²) in [5, 5.41) is 18.9. The van der Waals surface area contributed by atoms with Gasteiger partial charge in [-0.2, -0.15) is 5.26 Å². The van der Waals surface area contributed by atoms with Crippen molar-refractivity contribution in [2.45, 2.75) is 14.5 Å². The van der Waals surface area contributed by atoms with Crippen LogP contribution in [-0.4, -0.2) is 47.2 Å². The lowest BCUT2D eigenvalue weighted by molar-refractivity contribution is 0.324. The first-order valence-corrected chi connectivity index (χ1v) is 11.1. The van der Waals surface area contributed by atoms with Crippen molar-refractivity contribution in [1.82, 2.24) is 20.2 Å². The summed E-state index contributed by atoms with van der Waals surface area (Å²) in [5.74, 6) is 4.22. The van der Waals surface area contributed by atoms with Crippen LogP contribution in [0.4, 0.5) is 5.13 Å². The Kier molecular flexibility index (Phi) is 7.41. The molecule has 0 atom stereocenters. The predicted molar refractivity (Wildman–Crippen MR) is 120 cm³/mol. The van der Waals surface area contributed by atoms with Gasteiger partial charge < -0.3 is 19.9 Å². The van der Waals surface area contributed by atoms with Gasteiger partial charge >= 0.3 is 0 Å². The van der Waals surface area contributed by atoms with Crippen molar-refractivity contribution >= 4 is 40.0 Å². The first-order valence-electron chi connectivity index (χ1n) is 8.50. The molecule has 0 saturated heterocycles. The van der Waals surface area contributed by atoms with Crippen molar-refractivity contribution in [3.8, 4) is 46.9 Å². The quantitative estimate of drug-likeness (QED) is 0.224. The lowest BCUT2D eigenvalue weighted by Gasteiger charge is -2.15. The molecule has 0 amide bonds. The van der Waals surface area contributed by atoms with E-state index < -0.39 is 0 Å². The molecule has 0 saturated carbocycles. The van der Waals surface area contributed by atoms with Gasteiger partial charge in [0.25, 0.3) is 0 Å². The van der Waals surface area contributed by atoms with Crippen LogP contribution in [0, 0.1) is 23.7 Å². The highest BCUT2D eigenvalue weighted by Gasteiger charge is 2.22. The molecule has 158 valence electrons. The second-order valence-corrected chi connectivity index (χ2v) is 8.75. The molecule has 3 aromatic rings. The number of methoxy groups -OCH3 is 3. The number of nitrogens with two attached hydrogens (primary N) is 1. The maximum absolute atomic E-state index is 9.94. The number of nitriles is 1. The van der Waals surface area contributed by atoms with E-state index >= 15 is 0 Å². The molecule has 2 heterocycles. The van der Waals surface area contributed by atoms with E-state index in [0.717, 1.165) is 0 Å².